The zero-order valence-electron chi connectivity index (χ0n) is 13.8. The molecule has 1 heterocycles. The Morgan fingerprint density at radius 1 is 1.27 bits per heavy atom. The fraction of sp³-hybridized carbons (Fsp3) is 0.444. The third kappa shape index (κ3) is 3.56. The van der Waals surface area contributed by atoms with Gasteiger partial charge in [0.25, 0.3) is 5.91 Å². The Morgan fingerprint density at radius 2 is 1.95 bits per heavy atom. The van der Waals surface area contributed by atoms with E-state index in [-0.39, 0.29) is 11.9 Å². The molecule has 0 saturated heterocycles. The fourth-order valence-electron chi connectivity index (χ4n) is 2.56. The fourth-order valence-corrected chi connectivity index (χ4v) is 2.56. The monoisotopic (exact) mass is 300 g/mol. The van der Waals surface area contributed by atoms with Gasteiger partial charge in [0.2, 0.25) is 0 Å². The summed E-state index contributed by atoms with van der Waals surface area (Å²) in [7, 11) is 0. The largest absolute Gasteiger partial charge is 0.361 e. The second-order valence-corrected chi connectivity index (χ2v) is 5.60. The summed E-state index contributed by atoms with van der Waals surface area (Å²) < 4.78 is 5.13. The van der Waals surface area contributed by atoms with E-state index in [0.29, 0.717) is 23.4 Å². The van der Waals surface area contributed by atoms with Crippen molar-refractivity contribution >= 4 is 5.91 Å². The number of carbonyl (C=O) groups excluding carboxylic acids is 1. The first-order valence-electron chi connectivity index (χ1n) is 7.91. The highest BCUT2D eigenvalue weighted by molar-refractivity contribution is 5.96. The minimum absolute atomic E-state index is 0.0535. The Bertz CT molecular complexity index is 629. The highest BCUT2D eigenvalue weighted by Gasteiger charge is 2.20. The molecule has 1 aromatic carbocycles. The molecule has 0 spiro atoms. The summed E-state index contributed by atoms with van der Waals surface area (Å²) in [5.41, 5.74) is 3.70. The molecule has 1 N–H and O–H groups in total. The Balaban J connectivity index is 2.09. The van der Waals surface area contributed by atoms with Crippen molar-refractivity contribution in [1.82, 2.24) is 10.5 Å². The van der Waals surface area contributed by atoms with Crippen molar-refractivity contribution in [3.05, 3.63) is 52.4 Å². The number of aryl methyl sites for hydroxylation is 3. The summed E-state index contributed by atoms with van der Waals surface area (Å²) >= 11 is 0. The van der Waals surface area contributed by atoms with Crippen LogP contribution in [0.5, 0.6) is 0 Å². The molecule has 1 aromatic heterocycles. The molecule has 0 aliphatic rings. The molecule has 2 rings (SSSR count). The van der Waals surface area contributed by atoms with Crippen LogP contribution in [0.15, 0.2) is 28.8 Å². The summed E-state index contributed by atoms with van der Waals surface area (Å²) in [4.78, 5) is 12.4. The van der Waals surface area contributed by atoms with Gasteiger partial charge >= 0.3 is 0 Å². The second kappa shape index (κ2) is 7.25. The molecular weight excluding hydrogens is 276 g/mol. The summed E-state index contributed by atoms with van der Waals surface area (Å²) in [5.74, 6) is 0.445. The first-order valence-corrected chi connectivity index (χ1v) is 7.91. The molecule has 0 saturated carbocycles. The van der Waals surface area contributed by atoms with E-state index in [2.05, 4.69) is 41.7 Å². The lowest BCUT2D eigenvalue weighted by Crippen LogP contribution is -2.27. The zero-order chi connectivity index (χ0) is 16.1. The Labute approximate surface area is 131 Å². The maximum Gasteiger partial charge on any atom is 0.257 e. The minimum atomic E-state index is -0.124. The van der Waals surface area contributed by atoms with E-state index in [0.717, 1.165) is 18.4 Å². The van der Waals surface area contributed by atoms with E-state index >= 15 is 0 Å². The van der Waals surface area contributed by atoms with Crippen LogP contribution in [0.25, 0.3) is 0 Å². The standard InChI is InChI=1S/C18H24N2O2/c1-5-7-14-8-10-15(11-9-14)12(3)19-18(21)17-13(4)22-20-16(17)6-2/h8-12H,5-7H2,1-4H3,(H,19,21). The third-order valence-corrected chi connectivity index (χ3v) is 3.86. The van der Waals surface area contributed by atoms with Gasteiger partial charge in [-0.2, -0.15) is 0 Å². The number of hydrogen-bond donors (Lipinski definition) is 1. The average molecular weight is 300 g/mol. The smallest absolute Gasteiger partial charge is 0.257 e. The van der Waals surface area contributed by atoms with Gasteiger partial charge in [-0.25, -0.2) is 0 Å². The molecule has 0 fully saturated rings. The Morgan fingerprint density at radius 3 is 2.55 bits per heavy atom. The number of nitrogens with one attached hydrogen (secondary N) is 1. The highest BCUT2D eigenvalue weighted by atomic mass is 16.5. The topological polar surface area (TPSA) is 55.1 Å². The van der Waals surface area contributed by atoms with Gasteiger partial charge in [0.05, 0.1) is 11.7 Å². The molecule has 22 heavy (non-hydrogen) atoms. The summed E-state index contributed by atoms with van der Waals surface area (Å²) in [6.07, 6.45) is 2.90. The number of hydrogen-bond acceptors (Lipinski definition) is 3. The number of rotatable bonds is 6. The summed E-state index contributed by atoms with van der Waals surface area (Å²) in [5, 5.41) is 6.96. The van der Waals surface area contributed by atoms with Gasteiger partial charge in [-0.15, -0.1) is 0 Å². The molecule has 1 unspecified atom stereocenters. The molecular formula is C18H24N2O2. The number of nitrogens with zero attached hydrogens (tertiary/aromatic N) is 1. The third-order valence-electron chi connectivity index (χ3n) is 3.86. The summed E-state index contributed by atoms with van der Waals surface area (Å²) in [6.45, 7) is 7.89. The number of amides is 1. The van der Waals surface area contributed by atoms with Crippen molar-refractivity contribution in [1.29, 1.82) is 0 Å². The van der Waals surface area contributed by atoms with Crippen molar-refractivity contribution in [2.75, 3.05) is 0 Å². The van der Waals surface area contributed by atoms with Crippen molar-refractivity contribution in [2.45, 2.75) is 53.0 Å². The second-order valence-electron chi connectivity index (χ2n) is 5.60. The van der Waals surface area contributed by atoms with E-state index < -0.39 is 0 Å². The zero-order valence-corrected chi connectivity index (χ0v) is 13.8. The van der Waals surface area contributed by atoms with Gasteiger partial charge in [0.15, 0.2) is 0 Å². The van der Waals surface area contributed by atoms with Crippen LogP contribution < -0.4 is 5.32 Å². The van der Waals surface area contributed by atoms with Crippen LogP contribution in [0.3, 0.4) is 0 Å². The molecule has 118 valence electrons. The van der Waals surface area contributed by atoms with Gasteiger partial charge in [0.1, 0.15) is 11.3 Å². The average Bonchev–Trinajstić information content (AvgIpc) is 2.89. The molecule has 1 amide bonds. The van der Waals surface area contributed by atoms with E-state index in [9.17, 15) is 4.79 Å². The first kappa shape index (κ1) is 16.3. The number of aromatic nitrogens is 1. The molecule has 4 heteroatoms. The van der Waals surface area contributed by atoms with Crippen molar-refractivity contribution in [2.24, 2.45) is 0 Å². The Hall–Kier alpha value is -2.10. The molecule has 0 aliphatic heterocycles. The first-order chi connectivity index (χ1) is 10.6. The SMILES string of the molecule is CCCc1ccc(C(C)NC(=O)c2c(CC)noc2C)cc1. The lowest BCUT2D eigenvalue weighted by atomic mass is 10.0. The van der Waals surface area contributed by atoms with Crippen LogP contribution in [-0.2, 0) is 12.8 Å². The molecule has 0 bridgehead atoms. The normalized spacial score (nSPS) is 12.2. The Kier molecular flexibility index (Phi) is 5.36. The van der Waals surface area contributed by atoms with E-state index in [4.69, 9.17) is 4.52 Å². The molecule has 2 aromatic rings. The minimum Gasteiger partial charge on any atom is -0.361 e. The van der Waals surface area contributed by atoms with E-state index in [1.165, 1.54) is 5.56 Å². The molecule has 0 aliphatic carbocycles. The quantitative estimate of drug-likeness (QED) is 0.877. The molecule has 1 atom stereocenters. The van der Waals surface area contributed by atoms with Crippen LogP contribution >= 0.6 is 0 Å². The molecule has 0 radical (unpaired) electrons. The van der Waals surface area contributed by atoms with Crippen molar-refractivity contribution in [3.63, 3.8) is 0 Å². The van der Waals surface area contributed by atoms with Crippen LogP contribution in [-0.4, -0.2) is 11.1 Å². The van der Waals surface area contributed by atoms with Gasteiger partial charge < -0.3 is 9.84 Å². The lowest BCUT2D eigenvalue weighted by molar-refractivity contribution is 0.0937. The number of carbonyl (C=O) groups is 1. The maximum atomic E-state index is 12.4. The van der Waals surface area contributed by atoms with E-state index in [1.807, 2.05) is 13.8 Å². The van der Waals surface area contributed by atoms with Crippen LogP contribution in [0.1, 0.15) is 66.2 Å². The lowest BCUT2D eigenvalue weighted by Gasteiger charge is -2.15. The molecule has 4 nitrogen and oxygen atoms in total. The highest BCUT2D eigenvalue weighted by Crippen LogP contribution is 2.18. The van der Waals surface area contributed by atoms with Gasteiger partial charge in [-0.05, 0) is 37.8 Å². The summed E-state index contributed by atoms with van der Waals surface area (Å²) in [6, 6.07) is 8.36. The van der Waals surface area contributed by atoms with E-state index in [1.54, 1.807) is 6.92 Å². The maximum absolute atomic E-state index is 12.4. The van der Waals surface area contributed by atoms with Crippen molar-refractivity contribution in [3.8, 4) is 0 Å². The predicted molar refractivity (Wildman–Crippen MR) is 86.9 cm³/mol. The number of benzene rings is 1. The van der Waals surface area contributed by atoms with Gasteiger partial charge in [-0.3, -0.25) is 4.79 Å². The predicted octanol–water partition coefficient (Wildman–Crippen LogP) is 3.99. The van der Waals surface area contributed by atoms with Gasteiger partial charge in [-0.1, -0.05) is 49.7 Å². The van der Waals surface area contributed by atoms with Gasteiger partial charge in [0, 0.05) is 0 Å². The van der Waals surface area contributed by atoms with Crippen LogP contribution in [0, 0.1) is 6.92 Å². The van der Waals surface area contributed by atoms with Crippen molar-refractivity contribution < 1.29 is 9.32 Å². The van der Waals surface area contributed by atoms with Crippen LogP contribution in [0.4, 0.5) is 0 Å². The van der Waals surface area contributed by atoms with Crippen LogP contribution in [0.2, 0.25) is 0 Å².